The van der Waals surface area contributed by atoms with Crippen molar-refractivity contribution in [2.24, 2.45) is 5.92 Å². The van der Waals surface area contributed by atoms with Gasteiger partial charge in [-0.2, -0.15) is 4.72 Å². The maximum absolute atomic E-state index is 12.5. The molecule has 0 aliphatic heterocycles. The zero-order chi connectivity index (χ0) is 17.5. The summed E-state index contributed by atoms with van der Waals surface area (Å²) in [5.74, 6) is -1.59. The molecular formula is C17H17NO5S. The SMILES string of the molecule is CC(C)[C@H](NS(=O)(=O)c1ccc2c(c1)oc1ccccc12)C(=O)O. The summed E-state index contributed by atoms with van der Waals surface area (Å²) in [6.45, 7) is 3.29. The molecule has 6 nitrogen and oxygen atoms in total. The number of aliphatic carboxylic acids is 1. The number of furan rings is 1. The molecule has 2 N–H and O–H groups in total. The second-order valence-electron chi connectivity index (χ2n) is 5.94. The maximum Gasteiger partial charge on any atom is 0.322 e. The summed E-state index contributed by atoms with van der Waals surface area (Å²) in [5, 5.41) is 10.9. The van der Waals surface area contributed by atoms with Gasteiger partial charge in [0.05, 0.1) is 4.90 Å². The highest BCUT2D eigenvalue weighted by Gasteiger charge is 2.28. The van der Waals surface area contributed by atoms with Crippen LogP contribution >= 0.6 is 0 Å². The number of para-hydroxylation sites is 1. The lowest BCUT2D eigenvalue weighted by molar-refractivity contribution is -0.140. The molecule has 0 amide bonds. The van der Waals surface area contributed by atoms with Crippen molar-refractivity contribution in [3.05, 3.63) is 42.5 Å². The molecule has 126 valence electrons. The fraction of sp³-hybridized carbons (Fsp3) is 0.235. The molecule has 1 atom stereocenters. The topological polar surface area (TPSA) is 96.6 Å². The van der Waals surface area contributed by atoms with Crippen molar-refractivity contribution in [2.75, 3.05) is 0 Å². The number of carboxylic acid groups (broad SMARTS) is 1. The minimum Gasteiger partial charge on any atom is -0.480 e. The largest absolute Gasteiger partial charge is 0.480 e. The van der Waals surface area contributed by atoms with Gasteiger partial charge in [-0.1, -0.05) is 32.0 Å². The number of nitrogens with one attached hydrogen (secondary N) is 1. The van der Waals surface area contributed by atoms with Gasteiger partial charge < -0.3 is 9.52 Å². The van der Waals surface area contributed by atoms with E-state index in [1.54, 1.807) is 26.0 Å². The highest BCUT2D eigenvalue weighted by molar-refractivity contribution is 7.89. The van der Waals surface area contributed by atoms with Crippen molar-refractivity contribution in [1.29, 1.82) is 0 Å². The van der Waals surface area contributed by atoms with Gasteiger partial charge in [0.1, 0.15) is 17.2 Å². The molecule has 0 radical (unpaired) electrons. The zero-order valence-electron chi connectivity index (χ0n) is 13.2. The van der Waals surface area contributed by atoms with E-state index in [1.165, 1.54) is 12.1 Å². The number of carboxylic acids is 1. The Labute approximate surface area is 139 Å². The van der Waals surface area contributed by atoms with Crippen LogP contribution in [0.1, 0.15) is 13.8 Å². The average Bonchev–Trinajstić information content (AvgIpc) is 2.89. The van der Waals surface area contributed by atoms with Crippen LogP contribution in [-0.2, 0) is 14.8 Å². The van der Waals surface area contributed by atoms with E-state index in [1.807, 2.05) is 18.2 Å². The number of hydrogen-bond donors (Lipinski definition) is 2. The Morgan fingerprint density at radius 2 is 1.75 bits per heavy atom. The standard InChI is InChI=1S/C17H17NO5S/c1-10(2)16(17(19)20)18-24(21,22)11-7-8-13-12-5-3-4-6-14(12)23-15(13)9-11/h3-10,16,18H,1-2H3,(H,19,20)/t16-/m0/s1. The van der Waals surface area contributed by atoms with Crippen LogP contribution < -0.4 is 4.72 Å². The van der Waals surface area contributed by atoms with E-state index in [9.17, 15) is 18.3 Å². The lowest BCUT2D eigenvalue weighted by Crippen LogP contribution is -2.44. The third-order valence-corrected chi connectivity index (χ3v) is 5.31. The molecule has 0 saturated heterocycles. The average molecular weight is 347 g/mol. The van der Waals surface area contributed by atoms with Gasteiger partial charge >= 0.3 is 5.97 Å². The summed E-state index contributed by atoms with van der Waals surface area (Å²) in [4.78, 5) is 11.2. The lowest BCUT2D eigenvalue weighted by atomic mass is 10.1. The van der Waals surface area contributed by atoms with Crippen molar-refractivity contribution in [3.63, 3.8) is 0 Å². The molecule has 3 aromatic rings. The van der Waals surface area contributed by atoms with Crippen LogP contribution in [0.3, 0.4) is 0 Å². The van der Waals surface area contributed by atoms with Crippen LogP contribution in [0.2, 0.25) is 0 Å². The summed E-state index contributed by atoms with van der Waals surface area (Å²) >= 11 is 0. The molecular weight excluding hydrogens is 330 g/mol. The van der Waals surface area contributed by atoms with Crippen molar-refractivity contribution in [1.82, 2.24) is 4.72 Å². The fourth-order valence-corrected chi connectivity index (χ4v) is 3.93. The summed E-state index contributed by atoms with van der Waals surface area (Å²) < 4.78 is 32.9. The van der Waals surface area contributed by atoms with E-state index in [0.717, 1.165) is 10.8 Å². The van der Waals surface area contributed by atoms with Gasteiger partial charge in [0, 0.05) is 16.8 Å². The number of sulfonamides is 1. The fourth-order valence-electron chi connectivity index (χ4n) is 2.58. The quantitative estimate of drug-likeness (QED) is 0.739. The minimum atomic E-state index is -3.97. The summed E-state index contributed by atoms with van der Waals surface area (Å²) in [7, 11) is -3.97. The molecule has 0 saturated carbocycles. The van der Waals surface area contributed by atoms with Crippen LogP contribution in [-0.4, -0.2) is 25.5 Å². The Hall–Kier alpha value is -2.38. The minimum absolute atomic E-state index is 0.0269. The Balaban J connectivity index is 2.04. The van der Waals surface area contributed by atoms with Gasteiger partial charge in [-0.3, -0.25) is 4.79 Å². The smallest absolute Gasteiger partial charge is 0.322 e. The number of carbonyl (C=O) groups is 1. The van der Waals surface area contributed by atoms with E-state index in [2.05, 4.69) is 4.72 Å². The van der Waals surface area contributed by atoms with Crippen LogP contribution in [0.25, 0.3) is 21.9 Å². The molecule has 1 aromatic heterocycles. The zero-order valence-corrected chi connectivity index (χ0v) is 14.0. The molecule has 2 aromatic carbocycles. The number of benzene rings is 2. The van der Waals surface area contributed by atoms with E-state index in [0.29, 0.717) is 11.2 Å². The normalized spacial score (nSPS) is 13.6. The predicted molar refractivity (Wildman–Crippen MR) is 90.3 cm³/mol. The van der Waals surface area contributed by atoms with Crippen LogP contribution in [0.4, 0.5) is 0 Å². The first-order valence-electron chi connectivity index (χ1n) is 7.46. The van der Waals surface area contributed by atoms with Crippen LogP contribution in [0, 0.1) is 5.92 Å². The number of hydrogen-bond acceptors (Lipinski definition) is 4. The molecule has 24 heavy (non-hydrogen) atoms. The van der Waals surface area contributed by atoms with Gasteiger partial charge in [-0.05, 0) is 24.1 Å². The third kappa shape index (κ3) is 2.88. The highest BCUT2D eigenvalue weighted by atomic mass is 32.2. The molecule has 3 rings (SSSR count). The Bertz CT molecular complexity index is 1020. The van der Waals surface area contributed by atoms with Crippen LogP contribution in [0.5, 0.6) is 0 Å². The predicted octanol–water partition coefficient (Wildman–Crippen LogP) is 2.97. The molecule has 0 spiro atoms. The first kappa shape index (κ1) is 16.5. The number of fused-ring (bicyclic) bond motifs is 3. The van der Waals surface area contributed by atoms with Crippen LogP contribution in [0.15, 0.2) is 51.8 Å². The monoisotopic (exact) mass is 347 g/mol. The van der Waals surface area contributed by atoms with Crippen molar-refractivity contribution >= 4 is 37.9 Å². The summed E-state index contributed by atoms with van der Waals surface area (Å²) in [5.41, 5.74) is 1.11. The second kappa shape index (κ2) is 5.92. The molecule has 0 bridgehead atoms. The van der Waals surface area contributed by atoms with Crippen molar-refractivity contribution < 1.29 is 22.7 Å². The molecule has 0 fully saturated rings. The van der Waals surface area contributed by atoms with Gasteiger partial charge in [-0.15, -0.1) is 0 Å². The maximum atomic E-state index is 12.5. The van der Waals surface area contributed by atoms with Gasteiger partial charge in [0.15, 0.2) is 0 Å². The molecule has 7 heteroatoms. The van der Waals surface area contributed by atoms with E-state index >= 15 is 0 Å². The second-order valence-corrected chi connectivity index (χ2v) is 7.65. The molecule has 0 aliphatic carbocycles. The van der Waals surface area contributed by atoms with Crippen molar-refractivity contribution in [2.45, 2.75) is 24.8 Å². The Kier molecular flexibility index (Phi) is 4.06. The molecule has 1 heterocycles. The molecule has 0 aliphatic rings. The Morgan fingerprint density at radius 1 is 1.08 bits per heavy atom. The first-order valence-corrected chi connectivity index (χ1v) is 8.94. The van der Waals surface area contributed by atoms with Gasteiger partial charge in [0.25, 0.3) is 0 Å². The molecule has 0 unspecified atom stereocenters. The highest BCUT2D eigenvalue weighted by Crippen LogP contribution is 2.30. The van der Waals surface area contributed by atoms with E-state index in [-0.39, 0.29) is 10.8 Å². The lowest BCUT2D eigenvalue weighted by Gasteiger charge is -2.17. The van der Waals surface area contributed by atoms with E-state index < -0.39 is 22.0 Å². The first-order chi connectivity index (χ1) is 11.3. The van der Waals surface area contributed by atoms with E-state index in [4.69, 9.17) is 4.42 Å². The van der Waals surface area contributed by atoms with Gasteiger partial charge in [0.2, 0.25) is 10.0 Å². The Morgan fingerprint density at radius 3 is 2.42 bits per heavy atom. The van der Waals surface area contributed by atoms with Crippen molar-refractivity contribution in [3.8, 4) is 0 Å². The van der Waals surface area contributed by atoms with Gasteiger partial charge in [-0.25, -0.2) is 8.42 Å². The summed E-state index contributed by atoms with van der Waals surface area (Å²) in [6.07, 6.45) is 0. The third-order valence-electron chi connectivity index (χ3n) is 3.88. The number of rotatable bonds is 5. The summed E-state index contributed by atoms with van der Waals surface area (Å²) in [6, 6.07) is 10.8.